The van der Waals surface area contributed by atoms with Gasteiger partial charge < -0.3 is 4.74 Å². The first-order valence-corrected chi connectivity index (χ1v) is 10.1. The molecule has 0 saturated carbocycles. The van der Waals surface area contributed by atoms with Crippen LogP contribution in [0.15, 0.2) is 30.3 Å². The van der Waals surface area contributed by atoms with E-state index in [4.69, 9.17) is 4.74 Å². The lowest BCUT2D eigenvalue weighted by Gasteiger charge is -2.05. The van der Waals surface area contributed by atoms with Gasteiger partial charge in [0.25, 0.3) is 0 Å². The SMILES string of the molecule is CCCCCCCCCCS(=O)(=O)[CH]C(=O)Oc1ccccc1. The maximum Gasteiger partial charge on any atom is 0.331 e. The Bertz CT molecular complexity index is 537. The Kier molecular flexibility index (Phi) is 9.60. The summed E-state index contributed by atoms with van der Waals surface area (Å²) in [4.78, 5) is 11.6. The number of carbonyl (C=O) groups excluding carboxylic acids is 1. The predicted molar refractivity (Wildman–Crippen MR) is 92.8 cm³/mol. The molecule has 0 saturated heterocycles. The highest BCUT2D eigenvalue weighted by atomic mass is 32.2. The van der Waals surface area contributed by atoms with E-state index in [0.29, 0.717) is 17.9 Å². The number of esters is 1. The van der Waals surface area contributed by atoms with E-state index < -0.39 is 15.8 Å². The second-order valence-electron chi connectivity index (χ2n) is 5.69. The molecule has 0 spiro atoms. The van der Waals surface area contributed by atoms with Crippen molar-refractivity contribution in [2.45, 2.75) is 58.3 Å². The predicted octanol–water partition coefficient (Wildman–Crippen LogP) is 4.31. The van der Waals surface area contributed by atoms with Crippen LogP contribution < -0.4 is 4.74 Å². The van der Waals surface area contributed by atoms with Crippen LogP contribution in [0.3, 0.4) is 0 Å². The Morgan fingerprint density at radius 1 is 0.957 bits per heavy atom. The summed E-state index contributed by atoms with van der Waals surface area (Å²) in [6.07, 6.45) is 8.65. The lowest BCUT2D eigenvalue weighted by atomic mass is 10.1. The molecule has 1 rings (SSSR count). The minimum atomic E-state index is -3.50. The third-order valence-corrected chi connectivity index (χ3v) is 4.93. The molecule has 0 heterocycles. The molecule has 0 fully saturated rings. The summed E-state index contributed by atoms with van der Waals surface area (Å²) in [5, 5.41) is 0. The zero-order chi connectivity index (χ0) is 17.0. The van der Waals surface area contributed by atoms with Crippen molar-refractivity contribution in [3.63, 3.8) is 0 Å². The van der Waals surface area contributed by atoms with Crippen molar-refractivity contribution in [3.05, 3.63) is 36.1 Å². The van der Waals surface area contributed by atoms with E-state index in [1.165, 1.54) is 25.7 Å². The van der Waals surface area contributed by atoms with E-state index >= 15 is 0 Å². The number of carbonyl (C=O) groups is 1. The van der Waals surface area contributed by atoms with E-state index in [2.05, 4.69) is 6.92 Å². The van der Waals surface area contributed by atoms with Gasteiger partial charge in [-0.3, -0.25) is 4.79 Å². The maximum atomic E-state index is 11.8. The van der Waals surface area contributed by atoms with Crippen molar-refractivity contribution >= 4 is 15.8 Å². The number of hydrogen-bond acceptors (Lipinski definition) is 4. The molecule has 0 aliphatic heterocycles. The van der Waals surface area contributed by atoms with Gasteiger partial charge in [-0.25, -0.2) is 8.42 Å². The summed E-state index contributed by atoms with van der Waals surface area (Å²) >= 11 is 0. The smallest absolute Gasteiger partial charge is 0.331 e. The Morgan fingerprint density at radius 2 is 1.52 bits per heavy atom. The van der Waals surface area contributed by atoms with Gasteiger partial charge in [-0.05, 0) is 18.6 Å². The average Bonchev–Trinajstić information content (AvgIpc) is 2.50. The van der Waals surface area contributed by atoms with Gasteiger partial charge in [0.2, 0.25) is 0 Å². The summed E-state index contributed by atoms with van der Waals surface area (Å²) < 4.78 is 28.7. The molecule has 1 aromatic rings. The summed E-state index contributed by atoms with van der Waals surface area (Å²) in [7, 11) is -3.50. The van der Waals surface area contributed by atoms with Gasteiger partial charge in [-0.15, -0.1) is 0 Å². The lowest BCUT2D eigenvalue weighted by Crippen LogP contribution is -2.17. The summed E-state index contributed by atoms with van der Waals surface area (Å²) in [6, 6.07) is 8.45. The van der Waals surface area contributed by atoms with Crippen LogP contribution >= 0.6 is 0 Å². The first-order valence-electron chi connectivity index (χ1n) is 8.38. The normalized spacial score (nSPS) is 11.3. The van der Waals surface area contributed by atoms with E-state index in [9.17, 15) is 13.2 Å². The number of para-hydroxylation sites is 1. The molecule has 0 aliphatic rings. The molecule has 23 heavy (non-hydrogen) atoms. The third-order valence-electron chi connectivity index (χ3n) is 3.52. The first kappa shape index (κ1) is 19.7. The van der Waals surface area contributed by atoms with Crippen LogP contribution in [0.4, 0.5) is 0 Å². The first-order chi connectivity index (χ1) is 11.0. The second kappa shape index (κ2) is 11.2. The van der Waals surface area contributed by atoms with Crippen LogP contribution in [-0.2, 0) is 14.6 Å². The molecule has 0 unspecified atom stereocenters. The highest BCUT2D eigenvalue weighted by Gasteiger charge is 2.19. The third kappa shape index (κ3) is 10.1. The van der Waals surface area contributed by atoms with Gasteiger partial charge in [0.05, 0.1) is 5.75 Å². The van der Waals surface area contributed by atoms with E-state index in [1.807, 2.05) is 0 Å². The van der Waals surface area contributed by atoms with Crippen molar-refractivity contribution in [2.24, 2.45) is 0 Å². The molecular weight excluding hydrogens is 312 g/mol. The van der Waals surface area contributed by atoms with Crippen molar-refractivity contribution in [3.8, 4) is 5.75 Å². The zero-order valence-electron chi connectivity index (χ0n) is 13.9. The van der Waals surface area contributed by atoms with Crippen molar-refractivity contribution in [2.75, 3.05) is 5.75 Å². The molecule has 0 atom stereocenters. The summed E-state index contributed by atoms with van der Waals surface area (Å²) in [6.45, 7) is 2.18. The van der Waals surface area contributed by atoms with Gasteiger partial charge >= 0.3 is 5.97 Å². The van der Waals surface area contributed by atoms with Gasteiger partial charge in [0.1, 0.15) is 5.75 Å². The molecule has 129 valence electrons. The van der Waals surface area contributed by atoms with Crippen LogP contribution in [0.25, 0.3) is 0 Å². The highest BCUT2D eigenvalue weighted by Crippen LogP contribution is 2.12. The Hall–Kier alpha value is -1.36. The molecule has 5 heteroatoms. The summed E-state index contributed by atoms with van der Waals surface area (Å²) in [5.41, 5.74) is 0. The van der Waals surface area contributed by atoms with Crippen LogP contribution in [0.1, 0.15) is 58.3 Å². The van der Waals surface area contributed by atoms with Crippen LogP contribution in [-0.4, -0.2) is 20.1 Å². The number of benzene rings is 1. The number of ether oxygens (including phenoxy) is 1. The quantitative estimate of drug-likeness (QED) is 0.323. The van der Waals surface area contributed by atoms with Crippen molar-refractivity contribution < 1.29 is 17.9 Å². The molecule has 1 aromatic carbocycles. The number of sulfone groups is 1. The Balaban J connectivity index is 2.16. The number of unbranched alkanes of at least 4 members (excludes halogenated alkanes) is 7. The average molecular weight is 339 g/mol. The highest BCUT2D eigenvalue weighted by molar-refractivity contribution is 7.94. The topological polar surface area (TPSA) is 60.4 Å². The lowest BCUT2D eigenvalue weighted by molar-refractivity contribution is -0.129. The monoisotopic (exact) mass is 339 g/mol. The fraction of sp³-hybridized carbons (Fsp3) is 0.556. The summed E-state index contributed by atoms with van der Waals surface area (Å²) in [5.74, 6) is 0.208. The van der Waals surface area contributed by atoms with Crippen molar-refractivity contribution in [1.29, 1.82) is 0 Å². The molecule has 0 bridgehead atoms. The Morgan fingerprint density at radius 3 is 2.13 bits per heavy atom. The van der Waals surface area contributed by atoms with Gasteiger partial charge in [-0.1, -0.05) is 70.1 Å². The molecule has 0 aromatic heterocycles. The maximum absolute atomic E-state index is 11.8. The molecule has 0 aliphatic carbocycles. The van der Waals surface area contributed by atoms with E-state index in [-0.39, 0.29) is 5.75 Å². The molecule has 1 radical (unpaired) electrons. The molecule has 0 N–H and O–H groups in total. The van der Waals surface area contributed by atoms with Crippen LogP contribution in [0, 0.1) is 5.75 Å². The Labute approximate surface area is 140 Å². The number of hydrogen-bond donors (Lipinski definition) is 0. The van der Waals surface area contributed by atoms with Crippen molar-refractivity contribution in [1.82, 2.24) is 0 Å². The zero-order valence-corrected chi connectivity index (χ0v) is 14.7. The fourth-order valence-corrected chi connectivity index (χ4v) is 3.34. The van der Waals surface area contributed by atoms with E-state index in [0.717, 1.165) is 19.3 Å². The van der Waals surface area contributed by atoms with E-state index in [1.54, 1.807) is 30.3 Å². The largest absolute Gasteiger partial charge is 0.426 e. The minimum Gasteiger partial charge on any atom is -0.426 e. The second-order valence-corrected chi connectivity index (χ2v) is 7.66. The van der Waals surface area contributed by atoms with Gasteiger partial charge in [0, 0.05) is 0 Å². The molecule has 0 amide bonds. The fourth-order valence-electron chi connectivity index (χ4n) is 2.27. The van der Waals surface area contributed by atoms with Gasteiger partial charge in [-0.2, -0.15) is 0 Å². The molecular formula is C18H27O4S. The minimum absolute atomic E-state index is 0.00580. The van der Waals surface area contributed by atoms with Crippen LogP contribution in [0.2, 0.25) is 0 Å². The standard InChI is InChI=1S/C18H27O4S/c1-2-3-4-5-6-7-8-12-15-23(20,21)16-18(19)22-17-13-10-9-11-14-17/h9-11,13-14,16H,2-8,12,15H2,1H3. The number of rotatable bonds is 12. The van der Waals surface area contributed by atoms with Gasteiger partial charge in [0.15, 0.2) is 15.6 Å². The molecule has 4 nitrogen and oxygen atoms in total. The van der Waals surface area contributed by atoms with Crippen LogP contribution in [0.5, 0.6) is 5.75 Å².